The fraction of sp³-hybridized carbons (Fsp3) is 0.526. The van der Waals surface area contributed by atoms with E-state index in [2.05, 4.69) is 10.6 Å². The Bertz CT molecular complexity index is 696. The minimum absolute atomic E-state index is 0.110. The maximum Gasteiger partial charge on any atom is 0.258 e. The first-order valence-corrected chi connectivity index (χ1v) is 8.81. The summed E-state index contributed by atoms with van der Waals surface area (Å²) in [5, 5.41) is 15.4. The molecule has 1 aromatic rings. The van der Waals surface area contributed by atoms with Gasteiger partial charge in [0.15, 0.2) is 0 Å². The molecule has 0 radical (unpaired) electrons. The summed E-state index contributed by atoms with van der Waals surface area (Å²) in [6, 6.07) is 4.92. The fourth-order valence-corrected chi connectivity index (χ4v) is 2.94. The highest BCUT2D eigenvalue weighted by Crippen LogP contribution is 2.24. The number of carbonyl (C=O) groups is 3. The van der Waals surface area contributed by atoms with Crippen LogP contribution in [0, 0.1) is 0 Å². The Morgan fingerprint density at radius 3 is 2.50 bits per heavy atom. The summed E-state index contributed by atoms with van der Waals surface area (Å²) in [6.45, 7) is 7.65. The number of rotatable bonds is 4. The van der Waals surface area contributed by atoms with E-state index >= 15 is 0 Å². The minimum Gasteiger partial charge on any atom is -0.507 e. The molecule has 2 unspecified atom stereocenters. The van der Waals surface area contributed by atoms with Crippen molar-refractivity contribution in [1.82, 2.24) is 15.5 Å². The van der Waals surface area contributed by atoms with E-state index in [1.807, 2.05) is 20.8 Å². The molecule has 1 saturated heterocycles. The van der Waals surface area contributed by atoms with E-state index in [4.69, 9.17) is 0 Å². The molecule has 0 bridgehead atoms. The molecule has 1 aliphatic heterocycles. The lowest BCUT2D eigenvalue weighted by Crippen LogP contribution is -2.54. The summed E-state index contributed by atoms with van der Waals surface area (Å²) in [4.78, 5) is 38.9. The highest BCUT2D eigenvalue weighted by Gasteiger charge is 2.36. The van der Waals surface area contributed by atoms with Gasteiger partial charge in [0.2, 0.25) is 11.8 Å². The van der Waals surface area contributed by atoms with Gasteiger partial charge in [0.1, 0.15) is 17.8 Å². The van der Waals surface area contributed by atoms with Crippen molar-refractivity contribution in [3.05, 3.63) is 29.8 Å². The van der Waals surface area contributed by atoms with Crippen molar-refractivity contribution in [2.75, 3.05) is 6.54 Å². The molecule has 1 aliphatic rings. The predicted octanol–water partition coefficient (Wildman–Crippen LogP) is 1.42. The molecule has 3 amide bonds. The topological polar surface area (TPSA) is 98.7 Å². The highest BCUT2D eigenvalue weighted by molar-refractivity contribution is 6.00. The summed E-state index contributed by atoms with van der Waals surface area (Å²) in [7, 11) is 0. The Morgan fingerprint density at radius 1 is 1.23 bits per heavy atom. The van der Waals surface area contributed by atoms with Crippen LogP contribution in [-0.2, 0) is 9.59 Å². The maximum absolute atomic E-state index is 12.7. The SMILES string of the molecule is CC(NC(=O)C1CCCN1C(=O)c1ccccc1O)C(=O)NC(C)(C)C. The van der Waals surface area contributed by atoms with Crippen molar-refractivity contribution in [3.8, 4) is 5.75 Å². The lowest BCUT2D eigenvalue weighted by Gasteiger charge is -2.27. The Morgan fingerprint density at radius 2 is 1.88 bits per heavy atom. The Hall–Kier alpha value is -2.57. The van der Waals surface area contributed by atoms with Gasteiger partial charge in [-0.3, -0.25) is 14.4 Å². The second-order valence-corrected chi connectivity index (χ2v) is 7.64. The van der Waals surface area contributed by atoms with Crippen LogP contribution in [0.1, 0.15) is 50.9 Å². The van der Waals surface area contributed by atoms with Crippen LogP contribution in [0.3, 0.4) is 0 Å². The summed E-state index contributed by atoms with van der Waals surface area (Å²) in [5.74, 6) is -1.13. The summed E-state index contributed by atoms with van der Waals surface area (Å²) >= 11 is 0. The molecular formula is C19H27N3O4. The second kappa shape index (κ2) is 7.76. The summed E-state index contributed by atoms with van der Waals surface area (Å²) in [5.41, 5.74) is -0.221. The van der Waals surface area contributed by atoms with Crippen LogP contribution in [0.25, 0.3) is 0 Å². The third kappa shape index (κ3) is 4.74. The first-order chi connectivity index (χ1) is 12.1. The molecular weight excluding hydrogens is 334 g/mol. The molecule has 142 valence electrons. The number of para-hydroxylation sites is 1. The van der Waals surface area contributed by atoms with E-state index in [-0.39, 0.29) is 29.0 Å². The van der Waals surface area contributed by atoms with Crippen LogP contribution in [0.4, 0.5) is 0 Å². The standard InChI is InChI=1S/C19H27N3O4/c1-12(16(24)21-19(2,3)4)20-17(25)14-9-7-11-22(14)18(26)13-8-5-6-10-15(13)23/h5-6,8,10,12,14,23H,7,9,11H2,1-4H3,(H,20,25)(H,21,24). The molecule has 3 N–H and O–H groups in total. The van der Waals surface area contributed by atoms with Crippen molar-refractivity contribution in [2.24, 2.45) is 0 Å². The van der Waals surface area contributed by atoms with Crippen LogP contribution in [-0.4, -0.2) is 51.9 Å². The molecule has 1 heterocycles. The molecule has 1 aromatic carbocycles. The lowest BCUT2D eigenvalue weighted by molar-refractivity contribution is -0.131. The van der Waals surface area contributed by atoms with Gasteiger partial charge in [-0.05, 0) is 52.7 Å². The van der Waals surface area contributed by atoms with Crippen molar-refractivity contribution in [2.45, 2.75) is 58.2 Å². The summed E-state index contributed by atoms with van der Waals surface area (Å²) in [6.07, 6.45) is 1.22. The molecule has 7 heteroatoms. The number of likely N-dealkylation sites (tertiary alicyclic amines) is 1. The van der Waals surface area contributed by atoms with Crippen molar-refractivity contribution in [1.29, 1.82) is 0 Å². The fourth-order valence-electron chi connectivity index (χ4n) is 2.94. The van der Waals surface area contributed by atoms with Gasteiger partial charge in [-0.25, -0.2) is 0 Å². The third-order valence-electron chi connectivity index (χ3n) is 4.20. The smallest absolute Gasteiger partial charge is 0.258 e. The summed E-state index contributed by atoms with van der Waals surface area (Å²) < 4.78 is 0. The molecule has 1 fully saturated rings. The van der Waals surface area contributed by atoms with Crippen molar-refractivity contribution in [3.63, 3.8) is 0 Å². The number of benzene rings is 1. The van der Waals surface area contributed by atoms with Crippen molar-refractivity contribution >= 4 is 17.7 Å². The quantitative estimate of drug-likeness (QED) is 0.755. The van der Waals surface area contributed by atoms with E-state index < -0.39 is 17.6 Å². The van der Waals surface area contributed by atoms with E-state index in [1.54, 1.807) is 19.1 Å². The number of aromatic hydroxyl groups is 1. The first kappa shape index (κ1) is 19.8. The Balaban J connectivity index is 2.05. The number of amides is 3. The zero-order valence-corrected chi connectivity index (χ0v) is 15.7. The Kier molecular flexibility index (Phi) is 5.90. The lowest BCUT2D eigenvalue weighted by atomic mass is 10.1. The van der Waals surface area contributed by atoms with Crippen LogP contribution >= 0.6 is 0 Å². The predicted molar refractivity (Wildman–Crippen MR) is 97.7 cm³/mol. The van der Waals surface area contributed by atoms with Crippen LogP contribution in [0.5, 0.6) is 5.75 Å². The van der Waals surface area contributed by atoms with E-state index in [0.717, 1.165) is 0 Å². The van der Waals surface area contributed by atoms with Gasteiger partial charge in [-0.2, -0.15) is 0 Å². The van der Waals surface area contributed by atoms with Crippen LogP contribution in [0.15, 0.2) is 24.3 Å². The number of hydrogen-bond donors (Lipinski definition) is 3. The average Bonchev–Trinajstić information content (AvgIpc) is 3.02. The third-order valence-corrected chi connectivity index (χ3v) is 4.20. The molecule has 2 atom stereocenters. The molecule has 0 spiro atoms. The minimum atomic E-state index is -0.704. The molecule has 7 nitrogen and oxygen atoms in total. The normalized spacial score (nSPS) is 18.3. The average molecular weight is 361 g/mol. The molecule has 26 heavy (non-hydrogen) atoms. The van der Waals surface area contributed by atoms with Gasteiger partial charge in [0.25, 0.3) is 5.91 Å². The van der Waals surface area contributed by atoms with Gasteiger partial charge < -0.3 is 20.6 Å². The van der Waals surface area contributed by atoms with Crippen LogP contribution in [0.2, 0.25) is 0 Å². The zero-order valence-electron chi connectivity index (χ0n) is 15.7. The van der Waals surface area contributed by atoms with E-state index in [9.17, 15) is 19.5 Å². The van der Waals surface area contributed by atoms with E-state index in [1.165, 1.54) is 17.0 Å². The number of phenolic OH excluding ortho intramolecular Hbond substituents is 1. The van der Waals surface area contributed by atoms with E-state index in [0.29, 0.717) is 19.4 Å². The van der Waals surface area contributed by atoms with Crippen molar-refractivity contribution < 1.29 is 19.5 Å². The number of hydrogen-bond acceptors (Lipinski definition) is 4. The molecule has 0 saturated carbocycles. The first-order valence-electron chi connectivity index (χ1n) is 8.81. The largest absolute Gasteiger partial charge is 0.507 e. The number of nitrogens with zero attached hydrogens (tertiary/aromatic N) is 1. The van der Waals surface area contributed by atoms with Gasteiger partial charge >= 0.3 is 0 Å². The second-order valence-electron chi connectivity index (χ2n) is 7.64. The number of carbonyl (C=O) groups excluding carboxylic acids is 3. The zero-order chi connectivity index (χ0) is 19.5. The number of nitrogens with one attached hydrogen (secondary N) is 2. The van der Waals surface area contributed by atoms with Gasteiger partial charge in [0.05, 0.1) is 5.56 Å². The number of phenols is 1. The monoisotopic (exact) mass is 361 g/mol. The Labute approximate surface area is 153 Å². The molecule has 0 aromatic heterocycles. The maximum atomic E-state index is 12.7. The van der Waals surface area contributed by atoms with Gasteiger partial charge in [0, 0.05) is 12.1 Å². The van der Waals surface area contributed by atoms with Gasteiger partial charge in [-0.1, -0.05) is 12.1 Å². The molecule has 2 rings (SSSR count). The van der Waals surface area contributed by atoms with Crippen LogP contribution < -0.4 is 10.6 Å². The molecule has 0 aliphatic carbocycles. The van der Waals surface area contributed by atoms with Gasteiger partial charge in [-0.15, -0.1) is 0 Å². The highest BCUT2D eigenvalue weighted by atomic mass is 16.3.